The summed E-state index contributed by atoms with van der Waals surface area (Å²) >= 11 is 3.56. The maximum atomic E-state index is 6.02. The lowest BCUT2D eigenvalue weighted by molar-refractivity contribution is 0.102. The third-order valence-electron chi connectivity index (χ3n) is 4.08. The molecule has 0 aromatic heterocycles. The molecule has 2 rings (SSSR count). The zero-order valence-electron chi connectivity index (χ0n) is 11.9. The van der Waals surface area contributed by atoms with Crippen LogP contribution in [0.1, 0.15) is 24.1 Å². The van der Waals surface area contributed by atoms with Gasteiger partial charge in [-0.3, -0.25) is 4.90 Å². The van der Waals surface area contributed by atoms with Gasteiger partial charge in [-0.05, 0) is 30.7 Å². The number of rotatable bonds is 4. The Morgan fingerprint density at radius 1 is 1.26 bits per heavy atom. The van der Waals surface area contributed by atoms with Crippen LogP contribution in [0.4, 0.5) is 0 Å². The maximum absolute atomic E-state index is 6.02. The van der Waals surface area contributed by atoms with Crippen LogP contribution in [0.2, 0.25) is 0 Å². The molecule has 0 saturated carbocycles. The molecule has 1 unspecified atom stereocenters. The molecule has 0 spiro atoms. The minimum Gasteiger partial charge on any atom is -0.329 e. The number of benzene rings is 1. The fourth-order valence-electron chi connectivity index (χ4n) is 2.76. The second-order valence-electron chi connectivity index (χ2n) is 5.23. The number of piperazine rings is 1. The van der Waals surface area contributed by atoms with Crippen molar-refractivity contribution in [1.82, 2.24) is 9.80 Å². The summed E-state index contributed by atoms with van der Waals surface area (Å²) in [6, 6.07) is 6.94. The first-order valence-electron chi connectivity index (χ1n) is 7.08. The van der Waals surface area contributed by atoms with E-state index < -0.39 is 0 Å². The Kier molecular flexibility index (Phi) is 5.39. The highest BCUT2D eigenvalue weighted by Crippen LogP contribution is 2.25. The molecule has 19 heavy (non-hydrogen) atoms. The summed E-state index contributed by atoms with van der Waals surface area (Å²) in [5.74, 6) is 0. The van der Waals surface area contributed by atoms with Gasteiger partial charge in [-0.15, -0.1) is 0 Å². The lowest BCUT2D eigenvalue weighted by Crippen LogP contribution is -2.48. The van der Waals surface area contributed by atoms with Crippen LogP contribution >= 0.6 is 15.9 Å². The molecule has 3 nitrogen and oxygen atoms in total. The first-order chi connectivity index (χ1) is 9.15. The van der Waals surface area contributed by atoms with E-state index in [2.05, 4.69) is 57.8 Å². The topological polar surface area (TPSA) is 32.5 Å². The molecule has 1 aliphatic heterocycles. The molecule has 4 heteroatoms. The first-order valence-corrected chi connectivity index (χ1v) is 7.87. The standard InChI is InChI=1S/C15H24BrN3/c1-3-18-6-8-19(9-7-18)15(11-17)13-4-5-14(16)12(2)10-13/h4-5,10,15H,3,6-9,11,17H2,1-2H3. The summed E-state index contributed by atoms with van der Waals surface area (Å²) < 4.78 is 1.17. The number of halogens is 1. The van der Waals surface area contributed by atoms with Crippen LogP contribution in [0.5, 0.6) is 0 Å². The molecule has 1 atom stereocenters. The minimum atomic E-state index is 0.353. The van der Waals surface area contributed by atoms with E-state index in [0.717, 1.165) is 32.7 Å². The monoisotopic (exact) mass is 325 g/mol. The lowest BCUT2D eigenvalue weighted by atomic mass is 10.0. The third kappa shape index (κ3) is 3.57. The molecule has 1 saturated heterocycles. The van der Waals surface area contributed by atoms with Crippen LogP contribution in [0.3, 0.4) is 0 Å². The molecule has 1 aromatic rings. The van der Waals surface area contributed by atoms with E-state index in [0.29, 0.717) is 12.6 Å². The van der Waals surface area contributed by atoms with E-state index in [9.17, 15) is 0 Å². The van der Waals surface area contributed by atoms with Crippen LogP contribution in [0.15, 0.2) is 22.7 Å². The van der Waals surface area contributed by atoms with Crippen molar-refractivity contribution >= 4 is 15.9 Å². The van der Waals surface area contributed by atoms with Crippen LogP contribution in [-0.2, 0) is 0 Å². The quantitative estimate of drug-likeness (QED) is 0.922. The fraction of sp³-hybridized carbons (Fsp3) is 0.600. The summed E-state index contributed by atoms with van der Waals surface area (Å²) in [6.45, 7) is 10.7. The molecule has 0 aliphatic carbocycles. The Morgan fingerprint density at radius 2 is 1.95 bits per heavy atom. The Morgan fingerprint density at radius 3 is 2.47 bits per heavy atom. The van der Waals surface area contributed by atoms with Gasteiger partial charge in [0, 0.05) is 43.2 Å². The molecule has 1 aromatic carbocycles. The van der Waals surface area contributed by atoms with Gasteiger partial charge in [-0.1, -0.05) is 35.0 Å². The van der Waals surface area contributed by atoms with E-state index in [1.54, 1.807) is 0 Å². The van der Waals surface area contributed by atoms with Gasteiger partial charge in [0.15, 0.2) is 0 Å². The third-order valence-corrected chi connectivity index (χ3v) is 4.97. The highest BCUT2D eigenvalue weighted by atomic mass is 79.9. The van der Waals surface area contributed by atoms with Crippen molar-refractivity contribution in [3.8, 4) is 0 Å². The molecule has 106 valence electrons. The van der Waals surface area contributed by atoms with Gasteiger partial charge in [0.2, 0.25) is 0 Å². The SMILES string of the molecule is CCN1CCN(C(CN)c2ccc(Br)c(C)c2)CC1. The minimum absolute atomic E-state index is 0.353. The maximum Gasteiger partial charge on any atom is 0.0471 e. The molecule has 2 N–H and O–H groups in total. The predicted octanol–water partition coefficient (Wildman–Crippen LogP) is 2.39. The van der Waals surface area contributed by atoms with Crippen LogP contribution in [-0.4, -0.2) is 49.1 Å². The van der Waals surface area contributed by atoms with Gasteiger partial charge in [0.05, 0.1) is 0 Å². The normalized spacial score (nSPS) is 19.6. The summed E-state index contributed by atoms with van der Waals surface area (Å²) in [7, 11) is 0. The first kappa shape index (κ1) is 15.0. The van der Waals surface area contributed by atoms with Crippen molar-refractivity contribution in [2.45, 2.75) is 19.9 Å². The number of aryl methyl sites for hydroxylation is 1. The van der Waals surface area contributed by atoms with Crippen molar-refractivity contribution in [2.75, 3.05) is 39.3 Å². The number of hydrogen-bond acceptors (Lipinski definition) is 3. The van der Waals surface area contributed by atoms with Crippen molar-refractivity contribution < 1.29 is 0 Å². The highest BCUT2D eigenvalue weighted by Gasteiger charge is 2.23. The zero-order chi connectivity index (χ0) is 13.8. The largest absolute Gasteiger partial charge is 0.329 e. The highest BCUT2D eigenvalue weighted by molar-refractivity contribution is 9.10. The smallest absolute Gasteiger partial charge is 0.0471 e. The summed E-state index contributed by atoms with van der Waals surface area (Å²) in [4.78, 5) is 5.02. The van der Waals surface area contributed by atoms with Gasteiger partial charge in [-0.25, -0.2) is 0 Å². The zero-order valence-corrected chi connectivity index (χ0v) is 13.5. The Hall–Kier alpha value is -0.420. The second kappa shape index (κ2) is 6.84. The summed E-state index contributed by atoms with van der Waals surface area (Å²) in [6.07, 6.45) is 0. The number of nitrogens with zero attached hydrogens (tertiary/aromatic N) is 2. The van der Waals surface area contributed by atoms with Crippen LogP contribution in [0, 0.1) is 6.92 Å². The molecular weight excluding hydrogens is 302 g/mol. The van der Waals surface area contributed by atoms with Gasteiger partial charge in [0.25, 0.3) is 0 Å². The van der Waals surface area contributed by atoms with Crippen molar-refractivity contribution in [3.63, 3.8) is 0 Å². The fourth-order valence-corrected chi connectivity index (χ4v) is 3.01. The van der Waals surface area contributed by atoms with Crippen LogP contribution < -0.4 is 5.73 Å². The molecule has 1 fully saturated rings. The molecule has 0 amide bonds. The average molecular weight is 326 g/mol. The molecule has 1 aliphatic rings. The van der Waals surface area contributed by atoms with E-state index >= 15 is 0 Å². The molecule has 0 radical (unpaired) electrons. The van der Waals surface area contributed by atoms with Gasteiger partial charge in [0.1, 0.15) is 0 Å². The lowest BCUT2D eigenvalue weighted by Gasteiger charge is -2.38. The second-order valence-corrected chi connectivity index (χ2v) is 6.08. The van der Waals surface area contributed by atoms with E-state index in [-0.39, 0.29) is 0 Å². The van der Waals surface area contributed by atoms with Gasteiger partial charge in [-0.2, -0.15) is 0 Å². The number of likely N-dealkylation sites (N-methyl/N-ethyl adjacent to an activating group) is 1. The van der Waals surface area contributed by atoms with Crippen molar-refractivity contribution in [2.24, 2.45) is 5.73 Å². The average Bonchev–Trinajstić information content (AvgIpc) is 2.44. The Labute approximate surface area is 124 Å². The van der Waals surface area contributed by atoms with Crippen molar-refractivity contribution in [1.29, 1.82) is 0 Å². The number of nitrogens with two attached hydrogens (primary N) is 1. The van der Waals surface area contributed by atoms with E-state index in [1.807, 2.05) is 0 Å². The Balaban J connectivity index is 2.09. The molecule has 1 heterocycles. The van der Waals surface area contributed by atoms with Gasteiger partial charge >= 0.3 is 0 Å². The van der Waals surface area contributed by atoms with E-state index in [4.69, 9.17) is 5.73 Å². The van der Waals surface area contributed by atoms with Crippen LogP contribution in [0.25, 0.3) is 0 Å². The number of hydrogen-bond donors (Lipinski definition) is 1. The molecular formula is C15H24BrN3. The molecule has 0 bridgehead atoms. The van der Waals surface area contributed by atoms with E-state index in [1.165, 1.54) is 15.6 Å². The summed E-state index contributed by atoms with van der Waals surface area (Å²) in [5.41, 5.74) is 8.65. The van der Waals surface area contributed by atoms with Gasteiger partial charge < -0.3 is 10.6 Å². The Bertz CT molecular complexity index is 414. The predicted molar refractivity (Wildman–Crippen MR) is 84.4 cm³/mol. The van der Waals surface area contributed by atoms with Crippen molar-refractivity contribution in [3.05, 3.63) is 33.8 Å². The summed E-state index contributed by atoms with van der Waals surface area (Å²) in [5, 5.41) is 0.